The molecule has 0 unspecified atom stereocenters. The number of nitrogens with two attached hydrogens (primary N) is 1. The number of hydrogen-bond donors (Lipinski definition) is 1. The largest absolute Gasteiger partial charge is 0.497 e. The Hall–Kier alpha value is -1.22. The summed E-state index contributed by atoms with van der Waals surface area (Å²) in [5.41, 5.74) is 8.30. The van der Waals surface area contributed by atoms with Crippen LogP contribution in [0.1, 0.15) is 30.4 Å². The van der Waals surface area contributed by atoms with E-state index in [0.717, 1.165) is 35.5 Å². The van der Waals surface area contributed by atoms with Crippen molar-refractivity contribution in [3.63, 3.8) is 0 Å². The van der Waals surface area contributed by atoms with Gasteiger partial charge in [0.05, 0.1) is 14.2 Å². The molecule has 0 saturated heterocycles. The van der Waals surface area contributed by atoms with Crippen LogP contribution in [0.15, 0.2) is 12.1 Å². The molecule has 16 heavy (non-hydrogen) atoms. The quantitative estimate of drug-likeness (QED) is 0.852. The van der Waals surface area contributed by atoms with Gasteiger partial charge in [-0.2, -0.15) is 0 Å². The molecule has 1 aliphatic carbocycles. The first-order valence-electron chi connectivity index (χ1n) is 5.63. The second-order valence-corrected chi connectivity index (χ2v) is 4.53. The lowest BCUT2D eigenvalue weighted by molar-refractivity contribution is 0.242. The molecule has 1 aromatic rings. The third-order valence-electron chi connectivity index (χ3n) is 3.47. The maximum atomic E-state index is 6.36. The SMILES string of the molecule is COc1cc(C)c(OC)c(C2(N)CCC2)c1. The van der Waals surface area contributed by atoms with Gasteiger partial charge < -0.3 is 15.2 Å². The first-order chi connectivity index (χ1) is 7.60. The van der Waals surface area contributed by atoms with Gasteiger partial charge in [-0.25, -0.2) is 0 Å². The average molecular weight is 221 g/mol. The summed E-state index contributed by atoms with van der Waals surface area (Å²) in [5, 5.41) is 0. The van der Waals surface area contributed by atoms with Crippen LogP contribution in [0.5, 0.6) is 11.5 Å². The van der Waals surface area contributed by atoms with Gasteiger partial charge in [0.1, 0.15) is 11.5 Å². The molecule has 0 atom stereocenters. The second-order valence-electron chi connectivity index (χ2n) is 4.53. The van der Waals surface area contributed by atoms with Crippen LogP contribution in [0.3, 0.4) is 0 Å². The molecule has 0 amide bonds. The van der Waals surface area contributed by atoms with Crippen LogP contribution in [-0.4, -0.2) is 14.2 Å². The highest BCUT2D eigenvalue weighted by Gasteiger charge is 2.37. The summed E-state index contributed by atoms with van der Waals surface area (Å²) >= 11 is 0. The minimum Gasteiger partial charge on any atom is -0.497 e. The zero-order valence-corrected chi connectivity index (χ0v) is 10.2. The summed E-state index contributed by atoms with van der Waals surface area (Å²) in [5.74, 6) is 1.76. The summed E-state index contributed by atoms with van der Waals surface area (Å²) in [4.78, 5) is 0. The first-order valence-corrected chi connectivity index (χ1v) is 5.63. The lowest BCUT2D eigenvalue weighted by Gasteiger charge is -2.39. The maximum absolute atomic E-state index is 6.36. The minimum atomic E-state index is -0.218. The average Bonchev–Trinajstić information content (AvgIpc) is 2.24. The van der Waals surface area contributed by atoms with Crippen LogP contribution >= 0.6 is 0 Å². The molecule has 1 fully saturated rings. The van der Waals surface area contributed by atoms with Crippen molar-refractivity contribution in [2.24, 2.45) is 5.73 Å². The standard InChI is InChI=1S/C13H19NO2/c1-9-7-10(15-2)8-11(12(9)16-3)13(14)5-4-6-13/h7-8H,4-6,14H2,1-3H3. The number of methoxy groups -OCH3 is 2. The van der Waals surface area contributed by atoms with Crippen molar-refractivity contribution in [2.75, 3.05) is 14.2 Å². The van der Waals surface area contributed by atoms with Crippen molar-refractivity contribution < 1.29 is 9.47 Å². The van der Waals surface area contributed by atoms with Gasteiger partial charge in [-0.05, 0) is 43.9 Å². The molecular weight excluding hydrogens is 202 g/mol. The fourth-order valence-electron chi connectivity index (χ4n) is 2.33. The van der Waals surface area contributed by atoms with Gasteiger partial charge in [0.2, 0.25) is 0 Å². The zero-order valence-electron chi connectivity index (χ0n) is 10.2. The molecule has 0 bridgehead atoms. The molecule has 1 saturated carbocycles. The lowest BCUT2D eigenvalue weighted by atomic mass is 9.72. The molecule has 2 rings (SSSR count). The topological polar surface area (TPSA) is 44.5 Å². The van der Waals surface area contributed by atoms with Crippen molar-refractivity contribution in [1.29, 1.82) is 0 Å². The molecule has 0 aromatic heterocycles. The zero-order chi connectivity index (χ0) is 11.8. The molecule has 0 spiro atoms. The molecule has 1 aliphatic rings. The van der Waals surface area contributed by atoms with Crippen LogP contribution < -0.4 is 15.2 Å². The Labute approximate surface area is 96.5 Å². The lowest BCUT2D eigenvalue weighted by Crippen LogP contribution is -2.43. The predicted octanol–water partition coefficient (Wildman–Crippen LogP) is 2.35. The van der Waals surface area contributed by atoms with E-state index in [1.54, 1.807) is 14.2 Å². The van der Waals surface area contributed by atoms with E-state index in [9.17, 15) is 0 Å². The van der Waals surface area contributed by atoms with E-state index in [0.29, 0.717) is 0 Å². The van der Waals surface area contributed by atoms with E-state index >= 15 is 0 Å². The predicted molar refractivity (Wildman–Crippen MR) is 64.0 cm³/mol. The molecule has 3 nitrogen and oxygen atoms in total. The highest BCUT2D eigenvalue weighted by atomic mass is 16.5. The van der Waals surface area contributed by atoms with Crippen molar-refractivity contribution in [1.82, 2.24) is 0 Å². The fourth-order valence-corrected chi connectivity index (χ4v) is 2.33. The molecule has 0 radical (unpaired) electrons. The van der Waals surface area contributed by atoms with Crippen LogP contribution in [0, 0.1) is 6.92 Å². The smallest absolute Gasteiger partial charge is 0.127 e. The van der Waals surface area contributed by atoms with Gasteiger partial charge in [-0.1, -0.05) is 0 Å². The molecule has 3 heteroatoms. The monoisotopic (exact) mass is 221 g/mol. The highest BCUT2D eigenvalue weighted by Crippen LogP contribution is 2.45. The third-order valence-corrected chi connectivity index (χ3v) is 3.47. The first kappa shape index (κ1) is 11.3. The van der Waals surface area contributed by atoms with Crippen molar-refractivity contribution in [2.45, 2.75) is 31.7 Å². The van der Waals surface area contributed by atoms with Gasteiger partial charge >= 0.3 is 0 Å². The summed E-state index contributed by atoms with van der Waals surface area (Å²) in [7, 11) is 3.37. The Bertz CT molecular complexity index is 397. The highest BCUT2D eigenvalue weighted by molar-refractivity contribution is 5.50. The minimum absolute atomic E-state index is 0.218. The summed E-state index contributed by atoms with van der Waals surface area (Å²) in [6.45, 7) is 2.02. The maximum Gasteiger partial charge on any atom is 0.127 e. The molecular formula is C13H19NO2. The molecule has 1 aromatic carbocycles. The summed E-state index contributed by atoms with van der Waals surface area (Å²) < 4.78 is 10.7. The van der Waals surface area contributed by atoms with Gasteiger partial charge in [-0.3, -0.25) is 0 Å². The van der Waals surface area contributed by atoms with Gasteiger partial charge in [0, 0.05) is 11.1 Å². The normalized spacial score (nSPS) is 17.8. The van der Waals surface area contributed by atoms with Crippen LogP contribution in [0.2, 0.25) is 0 Å². The number of hydrogen-bond acceptors (Lipinski definition) is 3. The molecule has 0 aliphatic heterocycles. The number of aryl methyl sites for hydroxylation is 1. The molecule has 0 heterocycles. The van der Waals surface area contributed by atoms with Crippen molar-refractivity contribution in [3.05, 3.63) is 23.3 Å². The Balaban J connectivity index is 2.52. The van der Waals surface area contributed by atoms with Gasteiger partial charge in [0.25, 0.3) is 0 Å². The van der Waals surface area contributed by atoms with Crippen molar-refractivity contribution >= 4 is 0 Å². The number of ether oxygens (including phenoxy) is 2. The van der Waals surface area contributed by atoms with Gasteiger partial charge in [0.15, 0.2) is 0 Å². The molecule has 2 N–H and O–H groups in total. The summed E-state index contributed by atoms with van der Waals surface area (Å²) in [6.07, 6.45) is 3.24. The Morgan fingerprint density at radius 2 is 1.88 bits per heavy atom. The van der Waals surface area contributed by atoms with E-state index in [-0.39, 0.29) is 5.54 Å². The molecule has 88 valence electrons. The van der Waals surface area contributed by atoms with Crippen LogP contribution in [0.4, 0.5) is 0 Å². The second kappa shape index (κ2) is 3.98. The summed E-state index contributed by atoms with van der Waals surface area (Å²) in [6, 6.07) is 3.98. The van der Waals surface area contributed by atoms with E-state index < -0.39 is 0 Å². The van der Waals surface area contributed by atoms with Crippen molar-refractivity contribution in [3.8, 4) is 11.5 Å². The Kier molecular flexibility index (Phi) is 2.80. The third kappa shape index (κ3) is 1.65. The van der Waals surface area contributed by atoms with E-state index in [2.05, 4.69) is 0 Å². The fraction of sp³-hybridized carbons (Fsp3) is 0.538. The number of benzene rings is 1. The van der Waals surface area contributed by atoms with Crippen LogP contribution in [0.25, 0.3) is 0 Å². The van der Waals surface area contributed by atoms with Gasteiger partial charge in [-0.15, -0.1) is 0 Å². The van der Waals surface area contributed by atoms with E-state index in [1.165, 1.54) is 6.42 Å². The van der Waals surface area contributed by atoms with E-state index in [4.69, 9.17) is 15.2 Å². The Morgan fingerprint density at radius 3 is 2.31 bits per heavy atom. The number of rotatable bonds is 3. The van der Waals surface area contributed by atoms with Crippen LogP contribution in [-0.2, 0) is 5.54 Å². The van der Waals surface area contributed by atoms with E-state index in [1.807, 2.05) is 19.1 Å². The Morgan fingerprint density at radius 1 is 1.19 bits per heavy atom.